The fourth-order valence-corrected chi connectivity index (χ4v) is 3.12. The Morgan fingerprint density at radius 2 is 1.96 bits per heavy atom. The van der Waals surface area contributed by atoms with Gasteiger partial charge < -0.3 is 14.4 Å². The maximum absolute atomic E-state index is 11.5. The molecular formula is C17H17ClN6O3. The summed E-state index contributed by atoms with van der Waals surface area (Å²) in [4.78, 5) is 22.3. The van der Waals surface area contributed by atoms with E-state index in [0.29, 0.717) is 55.4 Å². The highest BCUT2D eigenvalue weighted by molar-refractivity contribution is 6.28. The van der Waals surface area contributed by atoms with Crippen LogP contribution >= 0.6 is 11.6 Å². The molecule has 1 fully saturated rings. The minimum Gasteiger partial charge on any atom is -0.465 e. The van der Waals surface area contributed by atoms with Crippen molar-refractivity contribution in [2.24, 2.45) is 0 Å². The van der Waals surface area contributed by atoms with Crippen LogP contribution in [0, 0.1) is 0 Å². The van der Waals surface area contributed by atoms with Crippen molar-refractivity contribution in [2.45, 2.75) is 6.54 Å². The number of nitrogens with zero attached hydrogens (tertiary/aromatic N) is 6. The highest BCUT2D eigenvalue weighted by atomic mass is 35.5. The molecule has 0 atom stereocenters. The first-order valence-corrected chi connectivity index (χ1v) is 8.80. The Balaban J connectivity index is 1.65. The molecule has 0 spiro atoms. The third-order valence-corrected chi connectivity index (χ3v) is 4.50. The number of fused-ring (bicyclic) bond motifs is 1. The van der Waals surface area contributed by atoms with Gasteiger partial charge in [0.05, 0.1) is 32.4 Å². The molecule has 0 amide bonds. The van der Waals surface area contributed by atoms with Gasteiger partial charge in [0, 0.05) is 13.1 Å². The van der Waals surface area contributed by atoms with Crippen LogP contribution in [-0.4, -0.2) is 64.3 Å². The van der Waals surface area contributed by atoms with E-state index in [-0.39, 0.29) is 11.3 Å². The predicted molar refractivity (Wildman–Crippen MR) is 98.0 cm³/mol. The summed E-state index contributed by atoms with van der Waals surface area (Å²) >= 11 is 6.15. The summed E-state index contributed by atoms with van der Waals surface area (Å²) in [5.74, 6) is 0.294. The quantitative estimate of drug-likeness (QED) is 0.490. The number of hydrogen-bond acceptors (Lipinski definition) is 8. The van der Waals surface area contributed by atoms with Gasteiger partial charge >= 0.3 is 5.97 Å². The molecule has 0 aliphatic carbocycles. The van der Waals surface area contributed by atoms with Crippen LogP contribution in [0.5, 0.6) is 0 Å². The van der Waals surface area contributed by atoms with Gasteiger partial charge in [-0.15, -0.1) is 5.10 Å². The van der Waals surface area contributed by atoms with E-state index in [1.807, 2.05) is 12.1 Å². The van der Waals surface area contributed by atoms with E-state index in [0.717, 1.165) is 5.56 Å². The third kappa shape index (κ3) is 3.56. The summed E-state index contributed by atoms with van der Waals surface area (Å²) in [5, 5.41) is 8.63. The molecule has 1 aliphatic rings. The summed E-state index contributed by atoms with van der Waals surface area (Å²) in [6.07, 6.45) is 0. The molecule has 27 heavy (non-hydrogen) atoms. The first kappa shape index (κ1) is 17.6. The zero-order valence-corrected chi connectivity index (χ0v) is 15.4. The largest absolute Gasteiger partial charge is 0.465 e. The van der Waals surface area contributed by atoms with Gasteiger partial charge in [-0.3, -0.25) is 0 Å². The van der Waals surface area contributed by atoms with Gasteiger partial charge in [-0.1, -0.05) is 17.3 Å². The predicted octanol–water partition coefficient (Wildman–Crippen LogP) is 1.55. The van der Waals surface area contributed by atoms with E-state index in [1.54, 1.807) is 16.8 Å². The van der Waals surface area contributed by atoms with E-state index in [4.69, 9.17) is 21.1 Å². The summed E-state index contributed by atoms with van der Waals surface area (Å²) in [5.41, 5.74) is 2.60. The molecule has 1 aliphatic heterocycles. The number of ether oxygens (including phenoxy) is 2. The van der Waals surface area contributed by atoms with Crippen LogP contribution in [0.25, 0.3) is 11.2 Å². The summed E-state index contributed by atoms with van der Waals surface area (Å²) < 4.78 is 11.8. The van der Waals surface area contributed by atoms with E-state index in [1.165, 1.54) is 7.11 Å². The minimum atomic E-state index is -0.373. The van der Waals surface area contributed by atoms with Crippen molar-refractivity contribution >= 4 is 34.6 Å². The Labute approximate surface area is 159 Å². The Hall–Kier alpha value is -2.78. The van der Waals surface area contributed by atoms with E-state index in [2.05, 4.69) is 25.2 Å². The normalized spacial score (nSPS) is 14.5. The van der Waals surface area contributed by atoms with E-state index >= 15 is 0 Å². The summed E-state index contributed by atoms with van der Waals surface area (Å²) in [6, 6.07) is 7.10. The Bertz CT molecular complexity index is 969. The zero-order chi connectivity index (χ0) is 18.8. The molecule has 9 nitrogen and oxygen atoms in total. The number of aromatic nitrogens is 5. The average Bonchev–Trinajstić information content (AvgIpc) is 3.10. The number of carbonyl (C=O) groups excluding carboxylic acids is 1. The molecule has 3 heterocycles. The van der Waals surface area contributed by atoms with Gasteiger partial charge in [-0.05, 0) is 29.3 Å². The van der Waals surface area contributed by atoms with Crippen molar-refractivity contribution in [3.8, 4) is 0 Å². The molecule has 0 unspecified atom stereocenters. The molecule has 140 valence electrons. The van der Waals surface area contributed by atoms with Crippen LogP contribution in [0.2, 0.25) is 5.28 Å². The summed E-state index contributed by atoms with van der Waals surface area (Å²) in [6.45, 7) is 3.12. The number of anilines is 1. The molecule has 0 bridgehead atoms. The van der Waals surface area contributed by atoms with Crippen molar-refractivity contribution in [1.82, 2.24) is 25.0 Å². The molecule has 2 aromatic heterocycles. The Morgan fingerprint density at radius 3 is 2.67 bits per heavy atom. The summed E-state index contributed by atoms with van der Waals surface area (Å²) in [7, 11) is 1.35. The minimum absolute atomic E-state index is 0.147. The number of hydrogen-bond donors (Lipinski definition) is 0. The second kappa shape index (κ2) is 7.45. The molecule has 1 aromatic carbocycles. The first-order valence-electron chi connectivity index (χ1n) is 8.42. The average molecular weight is 389 g/mol. The smallest absolute Gasteiger partial charge is 0.337 e. The van der Waals surface area contributed by atoms with Crippen LogP contribution in [0.4, 0.5) is 5.82 Å². The third-order valence-electron chi connectivity index (χ3n) is 4.34. The lowest BCUT2D eigenvalue weighted by molar-refractivity contribution is 0.0600. The van der Waals surface area contributed by atoms with Crippen LogP contribution < -0.4 is 4.90 Å². The molecule has 3 aromatic rings. The lowest BCUT2D eigenvalue weighted by Gasteiger charge is -2.27. The molecular weight excluding hydrogens is 372 g/mol. The zero-order valence-electron chi connectivity index (χ0n) is 14.6. The van der Waals surface area contributed by atoms with Crippen LogP contribution in [-0.2, 0) is 16.0 Å². The number of morpholine rings is 1. The second-order valence-corrected chi connectivity index (χ2v) is 6.36. The number of carbonyl (C=O) groups is 1. The monoisotopic (exact) mass is 388 g/mol. The first-order chi connectivity index (χ1) is 13.2. The van der Waals surface area contributed by atoms with Gasteiger partial charge in [0.2, 0.25) is 5.28 Å². The second-order valence-electron chi connectivity index (χ2n) is 6.02. The molecule has 1 saturated heterocycles. The number of esters is 1. The van der Waals surface area contributed by atoms with Gasteiger partial charge in [-0.2, -0.15) is 9.97 Å². The van der Waals surface area contributed by atoms with Crippen molar-refractivity contribution in [2.75, 3.05) is 38.3 Å². The lowest BCUT2D eigenvalue weighted by Crippen LogP contribution is -2.37. The molecule has 0 saturated carbocycles. The van der Waals surface area contributed by atoms with Crippen LogP contribution in [0.3, 0.4) is 0 Å². The molecule has 0 radical (unpaired) electrons. The van der Waals surface area contributed by atoms with Gasteiger partial charge in [0.25, 0.3) is 0 Å². The van der Waals surface area contributed by atoms with E-state index < -0.39 is 0 Å². The van der Waals surface area contributed by atoms with Gasteiger partial charge in [0.1, 0.15) is 0 Å². The number of methoxy groups -OCH3 is 1. The van der Waals surface area contributed by atoms with Crippen LogP contribution in [0.1, 0.15) is 15.9 Å². The van der Waals surface area contributed by atoms with Crippen molar-refractivity contribution in [3.63, 3.8) is 0 Å². The molecule has 4 rings (SSSR count). The maximum atomic E-state index is 11.5. The van der Waals surface area contributed by atoms with Gasteiger partial charge in [-0.25, -0.2) is 9.48 Å². The van der Waals surface area contributed by atoms with Crippen LogP contribution in [0.15, 0.2) is 24.3 Å². The fraction of sp³-hybridized carbons (Fsp3) is 0.353. The Morgan fingerprint density at radius 1 is 1.22 bits per heavy atom. The Kier molecular flexibility index (Phi) is 4.87. The van der Waals surface area contributed by atoms with E-state index in [9.17, 15) is 4.79 Å². The fourth-order valence-electron chi connectivity index (χ4n) is 2.96. The topological polar surface area (TPSA) is 95.3 Å². The SMILES string of the molecule is COC(=O)c1ccc(Cn2nnc3c(N4CCOCC4)nc(Cl)nc32)cc1. The standard InChI is InChI=1S/C17H17ClN6O3/c1-26-16(25)12-4-2-11(3-5-12)10-24-15-13(21-22-24)14(19-17(18)20-15)23-6-8-27-9-7-23/h2-5H,6-10H2,1H3. The highest BCUT2D eigenvalue weighted by Gasteiger charge is 2.21. The number of halogens is 1. The number of benzene rings is 1. The van der Waals surface area contributed by atoms with Crippen molar-refractivity contribution in [1.29, 1.82) is 0 Å². The maximum Gasteiger partial charge on any atom is 0.337 e. The molecule has 10 heteroatoms. The van der Waals surface area contributed by atoms with Crippen molar-refractivity contribution in [3.05, 3.63) is 40.7 Å². The van der Waals surface area contributed by atoms with Crippen molar-refractivity contribution < 1.29 is 14.3 Å². The lowest BCUT2D eigenvalue weighted by atomic mass is 10.1. The van der Waals surface area contributed by atoms with Gasteiger partial charge in [0.15, 0.2) is 17.0 Å². The highest BCUT2D eigenvalue weighted by Crippen LogP contribution is 2.24. The number of rotatable bonds is 4. The molecule has 0 N–H and O–H groups in total.